The molecule has 0 aliphatic heterocycles. The standard InChI is InChI=1S/C44H38N4.C2H6/c1-48(42-15-9-4-10-16-42)43-31-23-36(24-32-43)44(33-17-25-37(45)26-18-33,34-19-27-40(28-20-34)46-38-11-5-2-6-12-38)35-21-29-41(30-22-35)47-39-13-7-3-8-14-39;1-2/h2-32,46-47H,45H2,1H3;1-2H3. The summed E-state index contributed by atoms with van der Waals surface area (Å²) in [7, 11) is 2.11. The van der Waals surface area contributed by atoms with Gasteiger partial charge in [-0.1, -0.05) is 117 Å². The molecule has 7 aromatic rings. The lowest BCUT2D eigenvalue weighted by atomic mass is 9.65. The molecule has 0 radical (unpaired) electrons. The number of rotatable bonds is 10. The van der Waals surface area contributed by atoms with Gasteiger partial charge >= 0.3 is 0 Å². The number of nitrogen functional groups attached to an aromatic ring is 1. The quantitative estimate of drug-likeness (QED) is 0.102. The molecule has 0 atom stereocenters. The van der Waals surface area contributed by atoms with E-state index in [4.69, 9.17) is 5.73 Å². The van der Waals surface area contributed by atoms with Crippen molar-refractivity contribution in [1.29, 1.82) is 0 Å². The van der Waals surface area contributed by atoms with Gasteiger partial charge in [0, 0.05) is 46.9 Å². The highest BCUT2D eigenvalue weighted by Crippen LogP contribution is 2.46. The molecule has 4 nitrogen and oxygen atoms in total. The summed E-state index contributed by atoms with van der Waals surface area (Å²) in [4.78, 5) is 2.21. The molecule has 0 bridgehead atoms. The molecule has 4 heteroatoms. The van der Waals surface area contributed by atoms with E-state index in [1.54, 1.807) is 0 Å². The van der Waals surface area contributed by atoms with E-state index in [0.717, 1.165) is 62.1 Å². The van der Waals surface area contributed by atoms with E-state index >= 15 is 0 Å². The van der Waals surface area contributed by atoms with Gasteiger partial charge in [0.25, 0.3) is 0 Å². The van der Waals surface area contributed by atoms with Crippen LogP contribution in [0, 0.1) is 0 Å². The molecule has 0 aromatic heterocycles. The van der Waals surface area contributed by atoms with Gasteiger partial charge in [0.1, 0.15) is 0 Å². The average Bonchev–Trinajstić information content (AvgIpc) is 3.19. The number of hydrogen-bond acceptors (Lipinski definition) is 4. The van der Waals surface area contributed by atoms with Gasteiger partial charge in [-0.25, -0.2) is 0 Å². The fourth-order valence-electron chi connectivity index (χ4n) is 6.45. The maximum absolute atomic E-state index is 6.26. The lowest BCUT2D eigenvalue weighted by molar-refractivity contribution is 0.745. The Morgan fingerprint density at radius 3 is 1.08 bits per heavy atom. The normalized spacial score (nSPS) is 10.8. The van der Waals surface area contributed by atoms with Crippen LogP contribution in [0.4, 0.5) is 39.8 Å². The molecular weight excluding hydrogens is 609 g/mol. The van der Waals surface area contributed by atoms with Crippen LogP contribution in [-0.4, -0.2) is 7.05 Å². The van der Waals surface area contributed by atoms with E-state index in [2.05, 4.69) is 156 Å². The molecule has 0 amide bonds. The Kier molecular flexibility index (Phi) is 10.6. The van der Waals surface area contributed by atoms with Crippen molar-refractivity contribution < 1.29 is 0 Å². The Balaban J connectivity index is 0.00000212. The smallest absolute Gasteiger partial charge is 0.0701 e. The summed E-state index contributed by atoms with van der Waals surface area (Å²) in [5.41, 5.74) is 17.4. The van der Waals surface area contributed by atoms with E-state index in [1.165, 1.54) is 0 Å². The second-order valence-electron chi connectivity index (χ2n) is 12.0. The number of hydrogen-bond donors (Lipinski definition) is 3. The van der Waals surface area contributed by atoms with Crippen molar-refractivity contribution in [2.75, 3.05) is 28.3 Å². The van der Waals surface area contributed by atoms with Gasteiger partial charge in [-0.15, -0.1) is 0 Å². The third-order valence-corrected chi connectivity index (χ3v) is 8.94. The van der Waals surface area contributed by atoms with Gasteiger partial charge in [-0.05, 0) is 107 Å². The number of nitrogens with one attached hydrogen (secondary N) is 2. The zero-order valence-corrected chi connectivity index (χ0v) is 28.9. The molecular formula is C46H44N4. The van der Waals surface area contributed by atoms with Gasteiger partial charge in [-0.3, -0.25) is 0 Å². The predicted octanol–water partition coefficient (Wildman–Crippen LogP) is 11.9. The van der Waals surface area contributed by atoms with Crippen LogP contribution in [0.3, 0.4) is 0 Å². The maximum atomic E-state index is 6.26. The Morgan fingerprint density at radius 2 is 0.680 bits per heavy atom. The molecule has 248 valence electrons. The predicted molar refractivity (Wildman–Crippen MR) is 214 cm³/mol. The van der Waals surface area contributed by atoms with E-state index in [1.807, 2.05) is 68.4 Å². The largest absolute Gasteiger partial charge is 0.399 e. The first-order chi connectivity index (χ1) is 24.6. The zero-order chi connectivity index (χ0) is 34.8. The van der Waals surface area contributed by atoms with E-state index < -0.39 is 5.41 Å². The molecule has 0 saturated carbocycles. The summed E-state index contributed by atoms with van der Waals surface area (Å²) in [5.74, 6) is 0. The Hall–Kier alpha value is -6.26. The van der Waals surface area contributed by atoms with E-state index in [9.17, 15) is 0 Å². The molecule has 50 heavy (non-hydrogen) atoms. The van der Waals surface area contributed by atoms with E-state index in [0.29, 0.717) is 0 Å². The van der Waals surface area contributed by atoms with Crippen molar-refractivity contribution in [3.8, 4) is 0 Å². The highest BCUT2D eigenvalue weighted by atomic mass is 15.1. The van der Waals surface area contributed by atoms with Crippen molar-refractivity contribution in [1.82, 2.24) is 0 Å². The number of nitrogens with two attached hydrogens (primary N) is 1. The van der Waals surface area contributed by atoms with Gasteiger partial charge in [0.2, 0.25) is 0 Å². The van der Waals surface area contributed by atoms with Gasteiger partial charge in [0.05, 0.1) is 5.41 Å². The van der Waals surface area contributed by atoms with E-state index in [-0.39, 0.29) is 0 Å². The number of benzene rings is 7. The SMILES string of the molecule is CC.CN(c1ccccc1)c1ccc(C(c2ccc(N)cc2)(c2ccc(Nc3ccccc3)cc2)c2ccc(Nc3ccccc3)cc2)cc1. The van der Waals surface area contributed by atoms with Gasteiger partial charge < -0.3 is 21.3 Å². The van der Waals surface area contributed by atoms with Crippen LogP contribution >= 0.6 is 0 Å². The fraction of sp³-hybridized carbons (Fsp3) is 0.0870. The third-order valence-electron chi connectivity index (χ3n) is 8.94. The minimum atomic E-state index is -0.631. The lowest BCUT2D eigenvalue weighted by Gasteiger charge is -2.37. The number of nitrogens with zero attached hydrogens (tertiary/aromatic N) is 1. The second kappa shape index (κ2) is 15.8. The van der Waals surface area contributed by atoms with Crippen molar-refractivity contribution in [3.63, 3.8) is 0 Å². The summed E-state index contributed by atoms with van der Waals surface area (Å²) in [6.45, 7) is 4.00. The summed E-state index contributed by atoms with van der Waals surface area (Å²) in [6, 6.07) is 65.8. The first-order valence-corrected chi connectivity index (χ1v) is 17.2. The van der Waals surface area contributed by atoms with Crippen molar-refractivity contribution in [2.24, 2.45) is 0 Å². The minimum absolute atomic E-state index is 0.631. The van der Waals surface area contributed by atoms with Crippen LogP contribution in [0.2, 0.25) is 0 Å². The molecule has 7 aromatic carbocycles. The number of anilines is 7. The Bertz CT molecular complexity index is 1960. The molecule has 0 aliphatic carbocycles. The summed E-state index contributed by atoms with van der Waals surface area (Å²) in [5, 5.41) is 7.09. The Labute approximate surface area is 296 Å². The summed E-state index contributed by atoms with van der Waals surface area (Å²) in [6.07, 6.45) is 0. The van der Waals surface area contributed by atoms with Crippen LogP contribution in [-0.2, 0) is 5.41 Å². The topological polar surface area (TPSA) is 53.3 Å². The number of para-hydroxylation sites is 3. The third kappa shape index (κ3) is 7.25. The van der Waals surface area contributed by atoms with Crippen LogP contribution < -0.4 is 21.3 Å². The molecule has 0 heterocycles. The molecule has 7 rings (SSSR count). The second-order valence-corrected chi connectivity index (χ2v) is 12.0. The van der Waals surface area contributed by atoms with Crippen molar-refractivity contribution in [3.05, 3.63) is 210 Å². The Morgan fingerprint density at radius 1 is 0.380 bits per heavy atom. The van der Waals surface area contributed by atoms with Crippen LogP contribution in [0.25, 0.3) is 0 Å². The van der Waals surface area contributed by atoms with Gasteiger partial charge in [-0.2, -0.15) is 0 Å². The molecule has 4 N–H and O–H groups in total. The van der Waals surface area contributed by atoms with Gasteiger partial charge in [0.15, 0.2) is 0 Å². The van der Waals surface area contributed by atoms with Crippen LogP contribution in [0.1, 0.15) is 36.1 Å². The molecule has 0 fully saturated rings. The first kappa shape index (κ1) is 33.6. The highest BCUT2D eigenvalue weighted by Gasteiger charge is 2.38. The monoisotopic (exact) mass is 652 g/mol. The minimum Gasteiger partial charge on any atom is -0.399 e. The van der Waals surface area contributed by atoms with Crippen molar-refractivity contribution in [2.45, 2.75) is 19.3 Å². The highest BCUT2D eigenvalue weighted by molar-refractivity contribution is 5.69. The molecule has 0 aliphatic rings. The molecule has 0 spiro atoms. The average molecular weight is 653 g/mol. The lowest BCUT2D eigenvalue weighted by Crippen LogP contribution is -2.31. The zero-order valence-electron chi connectivity index (χ0n) is 28.9. The maximum Gasteiger partial charge on any atom is 0.0701 e. The summed E-state index contributed by atoms with van der Waals surface area (Å²) < 4.78 is 0. The van der Waals surface area contributed by atoms with Crippen LogP contribution in [0.15, 0.2) is 188 Å². The fourth-order valence-corrected chi connectivity index (χ4v) is 6.45. The summed E-state index contributed by atoms with van der Waals surface area (Å²) >= 11 is 0. The molecule has 0 saturated heterocycles. The first-order valence-electron chi connectivity index (χ1n) is 17.2. The molecule has 0 unspecified atom stereocenters. The van der Waals surface area contributed by atoms with Crippen LogP contribution in [0.5, 0.6) is 0 Å². The van der Waals surface area contributed by atoms with Crippen molar-refractivity contribution >= 4 is 39.8 Å².